The van der Waals surface area contributed by atoms with Crippen LogP contribution in [0.25, 0.3) is 0 Å². The minimum Gasteiger partial charge on any atom is -0.497 e. The summed E-state index contributed by atoms with van der Waals surface area (Å²) in [6.45, 7) is 3.94. The summed E-state index contributed by atoms with van der Waals surface area (Å²) in [7, 11) is 3.27. The number of ketones is 1. The molecule has 0 amide bonds. The number of hydrogen-bond donors (Lipinski definition) is 0. The first kappa shape index (κ1) is 19.3. The molecule has 3 rings (SSSR count). The predicted octanol–water partition coefficient (Wildman–Crippen LogP) is 5.24. The summed E-state index contributed by atoms with van der Waals surface area (Å²) in [5.41, 5.74) is 3.54. The molecule has 0 atom stereocenters. The molecule has 0 aliphatic heterocycles. The van der Waals surface area contributed by atoms with Gasteiger partial charge in [-0.1, -0.05) is 35.9 Å². The van der Waals surface area contributed by atoms with Crippen LogP contribution in [0, 0.1) is 13.8 Å². The molecule has 0 heterocycles. The van der Waals surface area contributed by atoms with E-state index in [4.69, 9.17) is 9.47 Å². The van der Waals surface area contributed by atoms with E-state index in [1.165, 1.54) is 0 Å². The summed E-state index contributed by atoms with van der Waals surface area (Å²) in [6, 6.07) is 22.8. The largest absolute Gasteiger partial charge is 0.497 e. The zero-order valence-electron chi connectivity index (χ0n) is 15.7. The van der Waals surface area contributed by atoms with E-state index in [-0.39, 0.29) is 5.78 Å². The van der Waals surface area contributed by atoms with Crippen LogP contribution in [-0.4, -0.2) is 20.0 Å². The van der Waals surface area contributed by atoms with Gasteiger partial charge in [-0.15, -0.1) is 0 Å². The molecular formula is C23H24O3. The molecule has 0 fully saturated rings. The first-order chi connectivity index (χ1) is 12.5. The molecule has 3 aromatic rings. The van der Waals surface area contributed by atoms with E-state index in [0.717, 1.165) is 28.2 Å². The zero-order valence-corrected chi connectivity index (χ0v) is 15.7. The Morgan fingerprint density at radius 1 is 0.731 bits per heavy atom. The highest BCUT2D eigenvalue weighted by Crippen LogP contribution is 2.18. The topological polar surface area (TPSA) is 35.5 Å². The van der Waals surface area contributed by atoms with Crippen molar-refractivity contribution in [2.24, 2.45) is 0 Å². The highest BCUT2D eigenvalue weighted by Gasteiger charge is 2.11. The van der Waals surface area contributed by atoms with Crippen LogP contribution in [0.15, 0.2) is 72.8 Å². The maximum atomic E-state index is 12.4. The monoisotopic (exact) mass is 348 g/mol. The first-order valence-electron chi connectivity index (χ1n) is 8.40. The van der Waals surface area contributed by atoms with E-state index in [9.17, 15) is 4.79 Å². The van der Waals surface area contributed by atoms with Crippen LogP contribution in [0.1, 0.15) is 27.0 Å². The Bertz CT molecular complexity index is 837. The number of benzene rings is 3. The number of carbonyl (C=O) groups is 1. The van der Waals surface area contributed by atoms with Crippen molar-refractivity contribution in [3.63, 3.8) is 0 Å². The number of hydrogen-bond acceptors (Lipinski definition) is 3. The highest BCUT2D eigenvalue weighted by molar-refractivity contribution is 6.10. The second-order valence-corrected chi connectivity index (χ2v) is 5.89. The van der Waals surface area contributed by atoms with Crippen LogP contribution >= 0.6 is 0 Å². The van der Waals surface area contributed by atoms with Crippen molar-refractivity contribution in [3.05, 3.63) is 95.1 Å². The van der Waals surface area contributed by atoms with Gasteiger partial charge in [-0.3, -0.25) is 4.79 Å². The Balaban J connectivity index is 0.000000254. The maximum Gasteiger partial charge on any atom is 0.193 e. The number of para-hydroxylation sites is 1. The number of carbonyl (C=O) groups excluding carboxylic acids is 1. The third-order valence-electron chi connectivity index (χ3n) is 3.97. The van der Waals surface area contributed by atoms with Gasteiger partial charge in [0.15, 0.2) is 5.78 Å². The average molecular weight is 348 g/mol. The van der Waals surface area contributed by atoms with Gasteiger partial charge in [-0.05, 0) is 61.9 Å². The molecule has 0 unspecified atom stereocenters. The van der Waals surface area contributed by atoms with Crippen molar-refractivity contribution in [3.8, 4) is 11.5 Å². The fourth-order valence-electron chi connectivity index (χ4n) is 2.43. The molecule has 0 aliphatic carbocycles. The molecule has 0 saturated carbocycles. The van der Waals surface area contributed by atoms with Crippen LogP contribution in [0.4, 0.5) is 0 Å². The summed E-state index contributed by atoms with van der Waals surface area (Å²) in [5.74, 6) is 1.72. The Labute approximate surface area is 155 Å². The smallest absolute Gasteiger partial charge is 0.193 e. The molecule has 134 valence electrons. The van der Waals surface area contributed by atoms with Gasteiger partial charge in [0.25, 0.3) is 0 Å². The fourth-order valence-corrected chi connectivity index (χ4v) is 2.43. The average Bonchev–Trinajstić information content (AvgIpc) is 2.70. The third kappa shape index (κ3) is 5.21. The Morgan fingerprint density at radius 2 is 1.31 bits per heavy atom. The number of rotatable bonds is 4. The van der Waals surface area contributed by atoms with Gasteiger partial charge in [-0.2, -0.15) is 0 Å². The van der Waals surface area contributed by atoms with E-state index >= 15 is 0 Å². The molecule has 0 radical (unpaired) electrons. The molecule has 0 aromatic heterocycles. The summed E-state index contributed by atoms with van der Waals surface area (Å²) in [4.78, 5) is 12.4. The highest BCUT2D eigenvalue weighted by atomic mass is 16.5. The molecule has 0 N–H and O–H groups in total. The fraction of sp³-hybridized carbons (Fsp3) is 0.174. The Kier molecular flexibility index (Phi) is 6.98. The Hall–Kier alpha value is -3.07. The van der Waals surface area contributed by atoms with Crippen LogP contribution in [0.3, 0.4) is 0 Å². The second-order valence-electron chi connectivity index (χ2n) is 5.89. The van der Waals surface area contributed by atoms with Gasteiger partial charge in [0.2, 0.25) is 0 Å². The first-order valence-corrected chi connectivity index (χ1v) is 8.40. The maximum absolute atomic E-state index is 12.4. The molecule has 3 aromatic carbocycles. The standard InChI is InChI=1S/C16H16O2.C7H8O/c1-11-4-5-12(2)15(10-11)16(17)13-6-8-14(18-3)9-7-13;1-8-7-5-3-2-4-6-7/h4-10H,1-3H3;2-6H,1H3. The van der Waals surface area contributed by atoms with Gasteiger partial charge in [0, 0.05) is 11.1 Å². The van der Waals surface area contributed by atoms with Crippen LogP contribution < -0.4 is 9.47 Å². The van der Waals surface area contributed by atoms with Gasteiger partial charge >= 0.3 is 0 Å². The van der Waals surface area contributed by atoms with Gasteiger partial charge in [0.05, 0.1) is 14.2 Å². The van der Waals surface area contributed by atoms with E-state index in [1.807, 2.05) is 62.4 Å². The lowest BCUT2D eigenvalue weighted by Crippen LogP contribution is -2.04. The van der Waals surface area contributed by atoms with E-state index < -0.39 is 0 Å². The van der Waals surface area contributed by atoms with Crippen molar-refractivity contribution in [1.82, 2.24) is 0 Å². The normalized spacial score (nSPS) is 9.69. The van der Waals surface area contributed by atoms with Crippen molar-refractivity contribution in [2.75, 3.05) is 14.2 Å². The predicted molar refractivity (Wildman–Crippen MR) is 105 cm³/mol. The molecule has 26 heavy (non-hydrogen) atoms. The summed E-state index contributed by atoms with van der Waals surface area (Å²) < 4.78 is 10.0. The minimum atomic E-state index is 0.0545. The molecule has 0 saturated heterocycles. The molecule has 0 spiro atoms. The Morgan fingerprint density at radius 3 is 1.85 bits per heavy atom. The summed E-state index contributed by atoms with van der Waals surface area (Å²) >= 11 is 0. The molecule has 3 nitrogen and oxygen atoms in total. The van der Waals surface area contributed by atoms with E-state index in [1.54, 1.807) is 38.5 Å². The minimum absolute atomic E-state index is 0.0545. The number of aryl methyl sites for hydroxylation is 2. The summed E-state index contributed by atoms with van der Waals surface area (Å²) in [5, 5.41) is 0. The van der Waals surface area contributed by atoms with E-state index in [0.29, 0.717) is 5.56 Å². The van der Waals surface area contributed by atoms with Crippen LogP contribution in [0.2, 0.25) is 0 Å². The van der Waals surface area contributed by atoms with Gasteiger partial charge in [0.1, 0.15) is 11.5 Å². The zero-order chi connectivity index (χ0) is 18.9. The molecule has 0 aliphatic rings. The lowest BCUT2D eigenvalue weighted by Gasteiger charge is -2.07. The van der Waals surface area contributed by atoms with Crippen LogP contribution in [0.5, 0.6) is 11.5 Å². The van der Waals surface area contributed by atoms with E-state index in [2.05, 4.69) is 0 Å². The molecular weight excluding hydrogens is 324 g/mol. The van der Waals surface area contributed by atoms with Crippen molar-refractivity contribution in [2.45, 2.75) is 13.8 Å². The van der Waals surface area contributed by atoms with Crippen molar-refractivity contribution >= 4 is 5.78 Å². The molecule has 0 bridgehead atoms. The summed E-state index contributed by atoms with van der Waals surface area (Å²) in [6.07, 6.45) is 0. The van der Waals surface area contributed by atoms with Crippen LogP contribution in [-0.2, 0) is 0 Å². The lowest BCUT2D eigenvalue weighted by molar-refractivity contribution is 0.103. The lowest BCUT2D eigenvalue weighted by atomic mass is 9.97. The second kappa shape index (κ2) is 9.42. The van der Waals surface area contributed by atoms with Crippen molar-refractivity contribution in [1.29, 1.82) is 0 Å². The van der Waals surface area contributed by atoms with Gasteiger partial charge < -0.3 is 9.47 Å². The third-order valence-corrected chi connectivity index (χ3v) is 3.97. The van der Waals surface area contributed by atoms with Gasteiger partial charge in [-0.25, -0.2) is 0 Å². The van der Waals surface area contributed by atoms with Crippen molar-refractivity contribution < 1.29 is 14.3 Å². The number of ether oxygens (including phenoxy) is 2. The SMILES string of the molecule is COc1ccc(C(=O)c2cc(C)ccc2C)cc1.COc1ccccc1. The number of methoxy groups -OCH3 is 2. The molecule has 3 heteroatoms. The quantitative estimate of drug-likeness (QED) is 0.605.